The van der Waals surface area contributed by atoms with Gasteiger partial charge in [-0.3, -0.25) is 0 Å². The summed E-state index contributed by atoms with van der Waals surface area (Å²) >= 11 is 0. The first-order valence-corrected chi connectivity index (χ1v) is 44.7. The highest BCUT2D eigenvalue weighted by Gasteiger charge is 2.27. The SMILES string of the molecule is c1ccc(-c2cccc(-c3nc(-c4ccc5ccccc5c4)nc(-c4cc5cc(-n6c7cc8ccccc8cc7c7cc8ccc(-c9ccc%10cc%11c(cc%10c9)c9cc%10ccccc%10cc9n%11-c9ccc%10cc(-c%11nc(-c%12cccc(-c%13ccccc%13)c%12)nc(-c%12ccc%13ccccc%13c%12)n%11)c%11oc%12ccccc%12c%11c%10c9)cc8cc76)ccc5c5c4oc4ccccc45)n3)c2)cc1. The van der Waals surface area contributed by atoms with Gasteiger partial charge in [0.2, 0.25) is 0 Å². The molecule has 0 radical (unpaired) electrons. The number of para-hydroxylation sites is 2. The largest absolute Gasteiger partial charge is 0.455 e. The molecule has 0 amide bonds. The molecule has 0 bridgehead atoms. The van der Waals surface area contributed by atoms with Crippen LogP contribution in [0.4, 0.5) is 0 Å². The average Bonchev–Trinajstić information content (AvgIpc) is 1.53. The van der Waals surface area contributed by atoms with E-state index in [1.165, 1.54) is 37.7 Å². The summed E-state index contributed by atoms with van der Waals surface area (Å²) in [6, 6.07) is 153. The summed E-state index contributed by atoms with van der Waals surface area (Å²) in [6.07, 6.45) is 0. The second-order valence-corrected chi connectivity index (χ2v) is 34.9. The minimum atomic E-state index is 0.513. The van der Waals surface area contributed by atoms with Crippen LogP contribution in [0.5, 0.6) is 0 Å². The number of furan rings is 2. The highest BCUT2D eigenvalue weighted by Crippen LogP contribution is 2.49. The number of fused-ring (bicyclic) bond motifs is 22. The van der Waals surface area contributed by atoms with Gasteiger partial charge in [-0.1, -0.05) is 291 Å². The lowest BCUT2D eigenvalue weighted by Crippen LogP contribution is -2.01. The summed E-state index contributed by atoms with van der Waals surface area (Å²) in [5.74, 6) is 3.30. The zero-order valence-electron chi connectivity index (χ0n) is 70.8. The summed E-state index contributed by atoms with van der Waals surface area (Å²) in [4.78, 5) is 32.4. The second-order valence-electron chi connectivity index (χ2n) is 34.9. The second kappa shape index (κ2) is 28.8. The molecule has 0 aliphatic rings. The molecule has 0 spiro atoms. The molecule has 10 nitrogen and oxygen atoms in total. The smallest absolute Gasteiger partial charge is 0.167 e. The fourth-order valence-corrected chi connectivity index (χ4v) is 20.8. The molecule has 6 heterocycles. The zero-order chi connectivity index (χ0) is 86.3. The normalized spacial score (nSPS) is 12.1. The maximum atomic E-state index is 7.13. The highest BCUT2D eigenvalue weighted by molar-refractivity contribution is 6.26. The summed E-state index contributed by atoms with van der Waals surface area (Å²) in [6.45, 7) is 0. The van der Waals surface area contributed by atoms with Crippen molar-refractivity contribution in [2.45, 2.75) is 0 Å². The maximum Gasteiger partial charge on any atom is 0.167 e. The van der Waals surface area contributed by atoms with Gasteiger partial charge in [-0.05, 0) is 253 Å². The van der Waals surface area contributed by atoms with Gasteiger partial charge < -0.3 is 18.0 Å². The van der Waals surface area contributed by atoms with E-state index in [0.717, 1.165) is 203 Å². The van der Waals surface area contributed by atoms with Crippen LogP contribution in [-0.2, 0) is 0 Å². The van der Waals surface area contributed by atoms with Crippen LogP contribution < -0.4 is 0 Å². The van der Waals surface area contributed by atoms with Crippen molar-refractivity contribution >= 4 is 174 Å². The molecule has 0 saturated heterocycles. The third-order valence-electron chi connectivity index (χ3n) is 27.1. The van der Waals surface area contributed by atoms with Gasteiger partial charge >= 0.3 is 0 Å². The Balaban J connectivity index is 0.584. The van der Waals surface area contributed by atoms with E-state index < -0.39 is 0 Å². The van der Waals surface area contributed by atoms with Gasteiger partial charge in [0.15, 0.2) is 34.9 Å². The Morgan fingerprint density at radius 2 is 0.470 bits per heavy atom. The van der Waals surface area contributed by atoms with E-state index in [4.69, 9.17) is 38.7 Å². The molecular formula is C122H70N8O2. The minimum Gasteiger partial charge on any atom is -0.455 e. The Morgan fingerprint density at radius 1 is 0.159 bits per heavy atom. The Hall–Kier alpha value is -17.9. The summed E-state index contributed by atoms with van der Waals surface area (Å²) < 4.78 is 19.1. The Morgan fingerprint density at radius 3 is 0.962 bits per heavy atom. The van der Waals surface area contributed by atoms with E-state index in [1.54, 1.807) is 0 Å². The highest BCUT2D eigenvalue weighted by atomic mass is 16.3. The number of nitrogens with zero attached hydrogens (tertiary/aromatic N) is 8. The molecule has 28 aromatic rings. The third-order valence-corrected chi connectivity index (χ3v) is 27.1. The van der Waals surface area contributed by atoms with E-state index in [1.807, 2.05) is 24.3 Å². The third kappa shape index (κ3) is 11.8. The van der Waals surface area contributed by atoms with Crippen LogP contribution in [0, 0.1) is 0 Å². The van der Waals surface area contributed by atoms with Gasteiger partial charge in [-0.2, -0.15) is 0 Å². The molecule has 10 heteroatoms. The fraction of sp³-hybridized carbons (Fsp3) is 0. The molecule has 28 rings (SSSR count). The molecule has 610 valence electrons. The minimum absolute atomic E-state index is 0.513. The van der Waals surface area contributed by atoms with Crippen LogP contribution in [0.25, 0.3) is 287 Å². The van der Waals surface area contributed by atoms with Crippen LogP contribution >= 0.6 is 0 Å². The quantitative estimate of drug-likeness (QED) is 0.126. The molecule has 0 N–H and O–H groups in total. The van der Waals surface area contributed by atoms with Crippen molar-refractivity contribution in [2.75, 3.05) is 0 Å². The van der Waals surface area contributed by atoms with Gasteiger partial charge in [0.1, 0.15) is 22.3 Å². The van der Waals surface area contributed by atoms with E-state index in [0.29, 0.717) is 46.1 Å². The molecule has 132 heavy (non-hydrogen) atoms. The van der Waals surface area contributed by atoms with Crippen molar-refractivity contribution in [1.82, 2.24) is 39.0 Å². The molecular weight excluding hydrogens is 1610 g/mol. The van der Waals surface area contributed by atoms with Crippen LogP contribution in [0.2, 0.25) is 0 Å². The summed E-state index contributed by atoms with van der Waals surface area (Å²) in [7, 11) is 0. The monoisotopic (exact) mass is 1680 g/mol. The topological polar surface area (TPSA) is 113 Å². The lowest BCUT2D eigenvalue weighted by atomic mass is 9.96. The molecule has 0 atom stereocenters. The molecule has 0 saturated carbocycles. The van der Waals surface area contributed by atoms with Crippen LogP contribution in [0.15, 0.2) is 433 Å². The predicted octanol–water partition coefficient (Wildman–Crippen LogP) is 32.3. The summed E-state index contributed by atoms with van der Waals surface area (Å²) in [5.41, 5.74) is 21.2. The Labute approximate surface area is 754 Å². The van der Waals surface area contributed by atoms with Crippen molar-refractivity contribution < 1.29 is 8.83 Å². The number of rotatable bonds is 11. The van der Waals surface area contributed by atoms with E-state index in [2.05, 4.69) is 410 Å². The lowest BCUT2D eigenvalue weighted by Gasteiger charge is -2.13. The molecule has 22 aromatic carbocycles. The first-order chi connectivity index (χ1) is 65.3. The van der Waals surface area contributed by atoms with E-state index >= 15 is 0 Å². The first-order valence-electron chi connectivity index (χ1n) is 44.7. The fourth-order valence-electron chi connectivity index (χ4n) is 20.8. The maximum absolute atomic E-state index is 7.13. The van der Waals surface area contributed by atoms with Gasteiger partial charge in [0.05, 0.1) is 33.2 Å². The standard InChI is InChI=1S/C122H70N8O2/c1-3-21-71(22-4-1)77-33-19-35-88(53-77)117-123-119(90-47-41-73-25-7-9-27-75(73)55-90)127-121(125-117)105-63-87-49-50-96(70-100(87)114-99-38-16-18-40-112(99)132-116(105)114)130-108-67-82-32-14-12-30-80(82)61-102(108)104-64-92-57-83(44-46-86(92)68-109(104)130)84-43-45-85-62-103-101-60-79-29-11-13-31-81(79)66-107(101)129(110(103)69-93(85)58-84)95-51-52-97-94(59-95)65-106(115-113(97)98-37-15-17-39-111(98)131-115)122-126-118(89-36-20-34-78(54-89)72-23-5-2-6-24-72)124-120(128-122)91-48-42-74-26-8-10-28-76(74)56-91/h1-70H. The van der Waals surface area contributed by atoms with Crippen molar-refractivity contribution in [3.8, 4) is 113 Å². The summed E-state index contributed by atoms with van der Waals surface area (Å²) in [5, 5.41) is 26.6. The Kier molecular flexibility index (Phi) is 16.0. The molecule has 0 aliphatic heterocycles. The molecule has 0 fully saturated rings. The lowest BCUT2D eigenvalue weighted by molar-refractivity contribution is 0.669. The molecule has 0 aliphatic carbocycles. The van der Waals surface area contributed by atoms with E-state index in [9.17, 15) is 0 Å². The number of hydrogen-bond acceptors (Lipinski definition) is 8. The average molecular weight is 1680 g/mol. The van der Waals surface area contributed by atoms with Crippen molar-refractivity contribution in [3.63, 3.8) is 0 Å². The first kappa shape index (κ1) is 73.3. The number of hydrogen-bond donors (Lipinski definition) is 0. The van der Waals surface area contributed by atoms with Crippen molar-refractivity contribution in [1.29, 1.82) is 0 Å². The van der Waals surface area contributed by atoms with Crippen molar-refractivity contribution in [3.05, 3.63) is 425 Å². The van der Waals surface area contributed by atoms with Gasteiger partial charge in [-0.15, -0.1) is 0 Å². The van der Waals surface area contributed by atoms with E-state index in [-0.39, 0.29) is 0 Å². The van der Waals surface area contributed by atoms with Gasteiger partial charge in [0.25, 0.3) is 0 Å². The molecule has 0 unspecified atom stereocenters. The Bertz CT molecular complexity index is 9830. The molecule has 6 aromatic heterocycles. The van der Waals surface area contributed by atoms with Crippen LogP contribution in [0.3, 0.4) is 0 Å². The van der Waals surface area contributed by atoms with Crippen LogP contribution in [-0.4, -0.2) is 39.0 Å². The van der Waals surface area contributed by atoms with Gasteiger partial charge in [-0.25, -0.2) is 29.9 Å². The van der Waals surface area contributed by atoms with Crippen molar-refractivity contribution in [2.24, 2.45) is 0 Å². The van der Waals surface area contributed by atoms with Crippen LogP contribution in [0.1, 0.15) is 0 Å². The van der Waals surface area contributed by atoms with Gasteiger partial charge in [0, 0.05) is 76.7 Å². The predicted molar refractivity (Wildman–Crippen MR) is 545 cm³/mol. The zero-order valence-corrected chi connectivity index (χ0v) is 70.8. The number of aromatic nitrogens is 8. The number of benzene rings is 22.